The second-order valence-electron chi connectivity index (χ2n) is 5.59. The van der Waals surface area contributed by atoms with Crippen molar-refractivity contribution in [2.24, 2.45) is 0 Å². The van der Waals surface area contributed by atoms with Gasteiger partial charge in [0, 0.05) is 30.2 Å². The van der Waals surface area contributed by atoms with Gasteiger partial charge in [-0.25, -0.2) is 0 Å². The number of methoxy groups -OCH3 is 1. The first-order valence-corrected chi connectivity index (χ1v) is 6.55. The zero-order chi connectivity index (χ0) is 13.6. The zero-order valence-corrected chi connectivity index (χ0v) is 12.2. The van der Waals surface area contributed by atoms with Gasteiger partial charge >= 0.3 is 0 Å². The number of benzene rings is 1. The lowest BCUT2D eigenvalue weighted by molar-refractivity contribution is 0.394. The second kappa shape index (κ2) is 6.76. The fourth-order valence-electron chi connectivity index (χ4n) is 1.86. The van der Waals surface area contributed by atoms with Crippen LogP contribution in [0, 0.1) is 0 Å². The lowest BCUT2D eigenvalue weighted by Crippen LogP contribution is -2.40. The molecule has 1 rings (SSSR count). The minimum atomic E-state index is 0.176. The molecule has 0 saturated carbocycles. The molecule has 102 valence electrons. The highest BCUT2D eigenvalue weighted by atomic mass is 16.5. The van der Waals surface area contributed by atoms with Crippen LogP contribution in [0.25, 0.3) is 0 Å². The van der Waals surface area contributed by atoms with Crippen LogP contribution in [-0.4, -0.2) is 25.7 Å². The summed E-state index contributed by atoms with van der Waals surface area (Å²) in [5.74, 6) is 0.946. The van der Waals surface area contributed by atoms with Crippen LogP contribution in [-0.2, 0) is 0 Å². The molecule has 0 saturated heterocycles. The number of para-hydroxylation sites is 1. The standard InChI is InChI=1S/C15H26N2O/c1-12(16-10-11-17-15(2,3)4)13-8-6-7-9-14(13)18-5/h6-9,12,16-17H,10-11H2,1-5H3. The molecule has 0 bridgehead atoms. The molecule has 0 heterocycles. The molecule has 0 aliphatic carbocycles. The van der Waals surface area contributed by atoms with Gasteiger partial charge in [0.05, 0.1) is 7.11 Å². The minimum absolute atomic E-state index is 0.176. The van der Waals surface area contributed by atoms with E-state index in [4.69, 9.17) is 4.74 Å². The molecular weight excluding hydrogens is 224 g/mol. The van der Waals surface area contributed by atoms with Crippen LogP contribution < -0.4 is 15.4 Å². The van der Waals surface area contributed by atoms with Crippen LogP contribution in [0.2, 0.25) is 0 Å². The summed E-state index contributed by atoms with van der Waals surface area (Å²) in [4.78, 5) is 0. The van der Waals surface area contributed by atoms with Crippen molar-refractivity contribution in [1.29, 1.82) is 0 Å². The molecule has 1 unspecified atom stereocenters. The van der Waals surface area contributed by atoms with Crippen LogP contribution in [0.4, 0.5) is 0 Å². The van der Waals surface area contributed by atoms with Crippen molar-refractivity contribution in [3.8, 4) is 5.75 Å². The first-order chi connectivity index (χ1) is 8.44. The monoisotopic (exact) mass is 250 g/mol. The smallest absolute Gasteiger partial charge is 0.123 e. The fraction of sp³-hybridized carbons (Fsp3) is 0.600. The Morgan fingerprint density at radius 2 is 1.83 bits per heavy atom. The van der Waals surface area contributed by atoms with Gasteiger partial charge in [0.2, 0.25) is 0 Å². The molecule has 18 heavy (non-hydrogen) atoms. The summed E-state index contributed by atoms with van der Waals surface area (Å²) in [5.41, 5.74) is 1.38. The van der Waals surface area contributed by atoms with Gasteiger partial charge in [0.25, 0.3) is 0 Å². The van der Waals surface area contributed by atoms with Gasteiger partial charge in [-0.1, -0.05) is 18.2 Å². The summed E-state index contributed by atoms with van der Waals surface area (Å²) in [6.07, 6.45) is 0. The molecule has 0 amide bonds. The van der Waals surface area contributed by atoms with E-state index in [1.807, 2.05) is 18.2 Å². The summed E-state index contributed by atoms with van der Waals surface area (Å²) in [7, 11) is 1.71. The molecule has 3 nitrogen and oxygen atoms in total. The van der Waals surface area contributed by atoms with E-state index in [1.54, 1.807) is 7.11 Å². The van der Waals surface area contributed by atoms with Gasteiger partial charge in [-0.15, -0.1) is 0 Å². The Morgan fingerprint density at radius 3 is 2.44 bits per heavy atom. The second-order valence-corrected chi connectivity index (χ2v) is 5.59. The lowest BCUT2D eigenvalue weighted by atomic mass is 10.1. The summed E-state index contributed by atoms with van der Waals surface area (Å²) in [6, 6.07) is 8.44. The number of rotatable bonds is 6. The lowest BCUT2D eigenvalue weighted by Gasteiger charge is -2.22. The van der Waals surface area contributed by atoms with Gasteiger partial charge < -0.3 is 15.4 Å². The van der Waals surface area contributed by atoms with Crippen LogP contribution in [0.1, 0.15) is 39.3 Å². The van der Waals surface area contributed by atoms with Gasteiger partial charge in [0.1, 0.15) is 5.75 Å². The number of hydrogen-bond donors (Lipinski definition) is 2. The number of nitrogens with one attached hydrogen (secondary N) is 2. The molecule has 1 aromatic rings. The molecular formula is C15H26N2O. The molecule has 1 aromatic carbocycles. The summed E-state index contributed by atoms with van der Waals surface area (Å²) < 4.78 is 5.37. The van der Waals surface area contributed by atoms with E-state index in [2.05, 4.69) is 44.4 Å². The third-order valence-electron chi connectivity index (χ3n) is 2.84. The van der Waals surface area contributed by atoms with Gasteiger partial charge in [-0.2, -0.15) is 0 Å². The average molecular weight is 250 g/mol. The molecule has 0 radical (unpaired) electrons. The molecule has 0 fully saturated rings. The van der Waals surface area contributed by atoms with E-state index in [9.17, 15) is 0 Å². The van der Waals surface area contributed by atoms with Crippen LogP contribution in [0.3, 0.4) is 0 Å². The molecule has 0 aliphatic heterocycles. The zero-order valence-electron chi connectivity index (χ0n) is 12.2. The molecule has 0 aromatic heterocycles. The van der Waals surface area contributed by atoms with E-state index in [0.29, 0.717) is 6.04 Å². The molecule has 1 atom stereocenters. The first-order valence-electron chi connectivity index (χ1n) is 6.55. The Hall–Kier alpha value is -1.06. The number of hydrogen-bond acceptors (Lipinski definition) is 3. The third-order valence-corrected chi connectivity index (χ3v) is 2.84. The Morgan fingerprint density at radius 1 is 1.17 bits per heavy atom. The maximum absolute atomic E-state index is 5.37. The van der Waals surface area contributed by atoms with E-state index in [1.165, 1.54) is 5.56 Å². The van der Waals surface area contributed by atoms with Crippen molar-refractivity contribution in [1.82, 2.24) is 10.6 Å². The minimum Gasteiger partial charge on any atom is -0.496 e. The van der Waals surface area contributed by atoms with Crippen molar-refractivity contribution in [3.63, 3.8) is 0 Å². The summed E-state index contributed by atoms with van der Waals surface area (Å²) >= 11 is 0. The number of ether oxygens (including phenoxy) is 1. The highest BCUT2D eigenvalue weighted by molar-refractivity contribution is 5.35. The highest BCUT2D eigenvalue weighted by Gasteiger charge is 2.11. The largest absolute Gasteiger partial charge is 0.496 e. The van der Waals surface area contributed by atoms with E-state index >= 15 is 0 Å². The third kappa shape index (κ3) is 5.07. The maximum Gasteiger partial charge on any atom is 0.123 e. The first kappa shape index (κ1) is 15.0. The van der Waals surface area contributed by atoms with Gasteiger partial charge in [0.15, 0.2) is 0 Å². The van der Waals surface area contributed by atoms with E-state index in [0.717, 1.165) is 18.8 Å². The Bertz CT molecular complexity index is 358. The average Bonchev–Trinajstić information content (AvgIpc) is 2.33. The highest BCUT2D eigenvalue weighted by Crippen LogP contribution is 2.23. The Labute approximate surface area is 111 Å². The molecule has 0 aliphatic rings. The Kier molecular flexibility index (Phi) is 5.63. The quantitative estimate of drug-likeness (QED) is 0.762. The SMILES string of the molecule is COc1ccccc1C(C)NCCNC(C)(C)C. The molecule has 0 spiro atoms. The van der Waals surface area contributed by atoms with Gasteiger partial charge in [-0.05, 0) is 33.8 Å². The fourth-order valence-corrected chi connectivity index (χ4v) is 1.86. The summed E-state index contributed by atoms with van der Waals surface area (Å²) in [6.45, 7) is 10.6. The predicted molar refractivity (Wildman–Crippen MR) is 77.2 cm³/mol. The Balaban J connectivity index is 2.43. The van der Waals surface area contributed by atoms with Crippen LogP contribution in [0.5, 0.6) is 5.75 Å². The summed E-state index contributed by atoms with van der Waals surface area (Å²) in [5, 5.41) is 6.97. The van der Waals surface area contributed by atoms with E-state index < -0.39 is 0 Å². The van der Waals surface area contributed by atoms with Crippen molar-refractivity contribution in [3.05, 3.63) is 29.8 Å². The van der Waals surface area contributed by atoms with Crippen molar-refractivity contribution in [2.45, 2.75) is 39.3 Å². The van der Waals surface area contributed by atoms with Crippen molar-refractivity contribution in [2.75, 3.05) is 20.2 Å². The molecule has 3 heteroatoms. The van der Waals surface area contributed by atoms with Gasteiger partial charge in [-0.3, -0.25) is 0 Å². The topological polar surface area (TPSA) is 33.3 Å². The maximum atomic E-state index is 5.37. The van der Waals surface area contributed by atoms with Crippen LogP contribution in [0.15, 0.2) is 24.3 Å². The van der Waals surface area contributed by atoms with E-state index in [-0.39, 0.29) is 5.54 Å². The predicted octanol–water partition coefficient (Wildman–Crippen LogP) is 2.73. The van der Waals surface area contributed by atoms with Crippen LogP contribution >= 0.6 is 0 Å². The van der Waals surface area contributed by atoms with Crippen molar-refractivity contribution >= 4 is 0 Å². The van der Waals surface area contributed by atoms with Crippen molar-refractivity contribution < 1.29 is 4.74 Å². The molecule has 2 N–H and O–H groups in total. The normalized spacial score (nSPS) is 13.4.